The Morgan fingerprint density at radius 1 is 1.40 bits per heavy atom. The van der Waals surface area contributed by atoms with Crippen molar-refractivity contribution >= 4 is 11.8 Å². The molecule has 1 aromatic rings. The maximum atomic E-state index is 10.7. The van der Waals surface area contributed by atoms with Gasteiger partial charge in [-0.15, -0.1) is 0 Å². The summed E-state index contributed by atoms with van der Waals surface area (Å²) in [6.07, 6.45) is 0. The van der Waals surface area contributed by atoms with E-state index in [4.69, 9.17) is 20.8 Å². The number of methoxy groups -OCH3 is 1. The third-order valence-corrected chi connectivity index (χ3v) is 1.79. The number of carbonyl (C=O) groups is 1. The van der Waals surface area contributed by atoms with Crippen LogP contribution in [0.1, 0.15) is 15.9 Å². The van der Waals surface area contributed by atoms with Crippen LogP contribution in [0.4, 0.5) is 0 Å². The lowest BCUT2D eigenvalue weighted by molar-refractivity contribution is 0.0696. The monoisotopic (exact) mass is 210 g/mol. The molecule has 0 unspecified atom stereocenters. The molecule has 4 N–H and O–H groups in total. The highest BCUT2D eigenvalue weighted by Crippen LogP contribution is 2.16. The van der Waals surface area contributed by atoms with Gasteiger partial charge in [0.15, 0.2) is 5.84 Å². The minimum atomic E-state index is -1.11. The van der Waals surface area contributed by atoms with Gasteiger partial charge < -0.3 is 20.8 Å². The second-order valence-corrected chi connectivity index (χ2v) is 2.74. The molecule has 0 aliphatic rings. The van der Waals surface area contributed by atoms with Gasteiger partial charge in [-0.3, -0.25) is 0 Å². The zero-order chi connectivity index (χ0) is 11.4. The molecule has 80 valence electrons. The summed E-state index contributed by atoms with van der Waals surface area (Å²) in [5.41, 5.74) is 5.63. The summed E-state index contributed by atoms with van der Waals surface area (Å²) in [5, 5.41) is 20.0. The molecule has 0 bridgehead atoms. The van der Waals surface area contributed by atoms with Crippen LogP contribution in [0, 0.1) is 0 Å². The molecule has 0 heterocycles. The van der Waals surface area contributed by atoms with Crippen LogP contribution in [0.5, 0.6) is 5.75 Å². The summed E-state index contributed by atoms with van der Waals surface area (Å²) in [5.74, 6) is -0.950. The number of ether oxygens (including phenoxy) is 1. The highest BCUT2D eigenvalue weighted by molar-refractivity contribution is 6.00. The van der Waals surface area contributed by atoms with Crippen LogP contribution in [-0.2, 0) is 0 Å². The summed E-state index contributed by atoms with van der Waals surface area (Å²) in [6.45, 7) is 0. The Morgan fingerprint density at radius 3 is 2.47 bits per heavy atom. The van der Waals surface area contributed by atoms with E-state index >= 15 is 0 Å². The van der Waals surface area contributed by atoms with Crippen LogP contribution in [0.25, 0.3) is 0 Å². The van der Waals surface area contributed by atoms with E-state index < -0.39 is 5.97 Å². The number of nitrogens with two attached hydrogens (primary N) is 1. The van der Waals surface area contributed by atoms with Crippen LogP contribution >= 0.6 is 0 Å². The average molecular weight is 210 g/mol. The van der Waals surface area contributed by atoms with Gasteiger partial charge in [-0.2, -0.15) is 0 Å². The van der Waals surface area contributed by atoms with Gasteiger partial charge >= 0.3 is 5.97 Å². The second-order valence-electron chi connectivity index (χ2n) is 2.74. The van der Waals surface area contributed by atoms with Gasteiger partial charge in [-0.1, -0.05) is 5.16 Å². The third-order valence-electron chi connectivity index (χ3n) is 1.79. The van der Waals surface area contributed by atoms with Crippen LogP contribution < -0.4 is 10.5 Å². The number of carboxylic acid groups (broad SMARTS) is 1. The van der Waals surface area contributed by atoms with E-state index in [9.17, 15) is 4.79 Å². The van der Waals surface area contributed by atoms with Gasteiger partial charge in [-0.05, 0) is 18.2 Å². The predicted molar refractivity (Wildman–Crippen MR) is 52.5 cm³/mol. The quantitative estimate of drug-likeness (QED) is 0.291. The highest BCUT2D eigenvalue weighted by Gasteiger charge is 2.09. The molecular weight excluding hydrogens is 200 g/mol. The van der Waals surface area contributed by atoms with E-state index in [-0.39, 0.29) is 17.0 Å². The summed E-state index contributed by atoms with van der Waals surface area (Å²) in [7, 11) is 1.40. The van der Waals surface area contributed by atoms with Crippen molar-refractivity contribution in [2.75, 3.05) is 7.11 Å². The first-order valence-electron chi connectivity index (χ1n) is 3.98. The number of aromatic carboxylic acids is 1. The highest BCUT2D eigenvalue weighted by atomic mass is 16.5. The molecule has 6 nitrogen and oxygen atoms in total. The standard InChI is InChI=1S/C9H10N2O4/c1-15-7-3-5(8(10)11-14)2-6(4-7)9(12)13/h2-4,14H,1H3,(H2,10,11)(H,12,13). The van der Waals surface area contributed by atoms with E-state index in [0.29, 0.717) is 5.75 Å². The molecule has 15 heavy (non-hydrogen) atoms. The van der Waals surface area contributed by atoms with Gasteiger partial charge in [0.25, 0.3) is 0 Å². The van der Waals surface area contributed by atoms with Crippen molar-refractivity contribution in [2.45, 2.75) is 0 Å². The maximum absolute atomic E-state index is 10.7. The van der Waals surface area contributed by atoms with Crippen LogP contribution in [0.15, 0.2) is 23.4 Å². The normalized spacial score (nSPS) is 11.1. The molecule has 1 rings (SSSR count). The number of carboxylic acids is 1. The molecule has 0 amide bonds. The number of benzene rings is 1. The zero-order valence-corrected chi connectivity index (χ0v) is 7.97. The Balaban J connectivity index is 3.29. The van der Waals surface area contributed by atoms with Crippen LogP contribution in [0.2, 0.25) is 0 Å². The first kappa shape index (κ1) is 10.8. The number of nitrogens with zero attached hydrogens (tertiary/aromatic N) is 1. The Morgan fingerprint density at radius 2 is 2.00 bits per heavy atom. The predicted octanol–water partition coefficient (Wildman–Crippen LogP) is 0.488. The molecule has 0 fully saturated rings. The SMILES string of the molecule is COc1cc(C(=O)O)cc(/C(N)=N/O)c1. The maximum Gasteiger partial charge on any atom is 0.335 e. The van der Waals surface area contributed by atoms with Crippen molar-refractivity contribution in [2.24, 2.45) is 10.9 Å². The topological polar surface area (TPSA) is 105 Å². The van der Waals surface area contributed by atoms with Crippen molar-refractivity contribution in [1.82, 2.24) is 0 Å². The first-order valence-corrected chi connectivity index (χ1v) is 3.98. The van der Waals surface area contributed by atoms with E-state index in [1.165, 1.54) is 25.3 Å². The van der Waals surface area contributed by atoms with Crippen LogP contribution in [-0.4, -0.2) is 29.2 Å². The molecule has 0 saturated carbocycles. The molecule has 6 heteroatoms. The van der Waals surface area contributed by atoms with Crippen LogP contribution in [0.3, 0.4) is 0 Å². The van der Waals surface area contributed by atoms with Gasteiger partial charge in [0.2, 0.25) is 0 Å². The van der Waals surface area contributed by atoms with Crippen molar-refractivity contribution in [1.29, 1.82) is 0 Å². The molecule has 1 aromatic carbocycles. The summed E-state index contributed by atoms with van der Waals surface area (Å²) in [6, 6.07) is 4.11. The van der Waals surface area contributed by atoms with Crippen molar-refractivity contribution in [3.05, 3.63) is 29.3 Å². The van der Waals surface area contributed by atoms with E-state index in [1.54, 1.807) is 0 Å². The molecular formula is C9H10N2O4. The molecule has 0 spiro atoms. The average Bonchev–Trinajstić information content (AvgIpc) is 2.27. The minimum absolute atomic E-state index is 0.0101. The third kappa shape index (κ3) is 2.37. The second kappa shape index (κ2) is 4.32. The number of amidine groups is 1. The summed E-state index contributed by atoms with van der Waals surface area (Å²) >= 11 is 0. The fourth-order valence-corrected chi connectivity index (χ4v) is 1.05. The van der Waals surface area contributed by atoms with E-state index in [1.807, 2.05) is 0 Å². The van der Waals surface area contributed by atoms with Gasteiger partial charge in [-0.25, -0.2) is 4.79 Å². The summed E-state index contributed by atoms with van der Waals surface area (Å²) in [4.78, 5) is 10.7. The molecule has 0 aromatic heterocycles. The molecule has 0 atom stereocenters. The fraction of sp³-hybridized carbons (Fsp3) is 0.111. The molecule has 0 aliphatic carbocycles. The Labute approximate surface area is 85.6 Å². The Kier molecular flexibility index (Phi) is 3.12. The number of rotatable bonds is 3. The molecule has 0 aliphatic heterocycles. The lowest BCUT2D eigenvalue weighted by Gasteiger charge is -2.05. The Bertz CT molecular complexity index is 415. The molecule has 0 saturated heterocycles. The van der Waals surface area contributed by atoms with E-state index in [2.05, 4.69) is 5.16 Å². The van der Waals surface area contributed by atoms with Crippen molar-refractivity contribution in [3.8, 4) is 5.75 Å². The zero-order valence-electron chi connectivity index (χ0n) is 7.97. The fourth-order valence-electron chi connectivity index (χ4n) is 1.05. The largest absolute Gasteiger partial charge is 0.497 e. The lowest BCUT2D eigenvalue weighted by Crippen LogP contribution is -2.14. The minimum Gasteiger partial charge on any atom is -0.497 e. The first-order chi connectivity index (χ1) is 7.08. The van der Waals surface area contributed by atoms with Gasteiger partial charge in [0, 0.05) is 5.56 Å². The molecule has 0 radical (unpaired) electrons. The number of hydrogen-bond donors (Lipinski definition) is 3. The lowest BCUT2D eigenvalue weighted by atomic mass is 10.1. The van der Waals surface area contributed by atoms with Crippen molar-refractivity contribution in [3.63, 3.8) is 0 Å². The smallest absolute Gasteiger partial charge is 0.335 e. The Hall–Kier alpha value is -2.24. The summed E-state index contributed by atoms with van der Waals surface area (Å²) < 4.78 is 4.88. The van der Waals surface area contributed by atoms with Gasteiger partial charge in [0.1, 0.15) is 5.75 Å². The van der Waals surface area contributed by atoms with Crippen molar-refractivity contribution < 1.29 is 19.8 Å². The van der Waals surface area contributed by atoms with E-state index in [0.717, 1.165) is 0 Å². The number of oxime groups is 1. The number of hydrogen-bond acceptors (Lipinski definition) is 4. The van der Waals surface area contributed by atoms with Gasteiger partial charge in [0.05, 0.1) is 12.7 Å².